The third-order valence-corrected chi connectivity index (χ3v) is 3.40. The molecule has 0 saturated heterocycles. The van der Waals surface area contributed by atoms with Crippen LogP contribution in [0.1, 0.15) is 28.9 Å². The largest absolute Gasteiger partial charge is 0.461 e. The summed E-state index contributed by atoms with van der Waals surface area (Å²) in [6.45, 7) is 2.79. The van der Waals surface area contributed by atoms with E-state index in [0.29, 0.717) is 12.1 Å². The zero-order valence-electron chi connectivity index (χ0n) is 12.8. The Labute approximate surface area is 134 Å². The SMILES string of the molecule is C[C@H](NCCOC(=O)c1ccc([N+](=O)[O-])cc1)c1ccccc1. The van der Waals surface area contributed by atoms with Crippen molar-refractivity contribution < 1.29 is 14.5 Å². The van der Waals surface area contributed by atoms with Crippen molar-refractivity contribution in [2.45, 2.75) is 13.0 Å². The van der Waals surface area contributed by atoms with Crippen LogP contribution in [-0.4, -0.2) is 24.0 Å². The summed E-state index contributed by atoms with van der Waals surface area (Å²) in [5.41, 5.74) is 1.40. The lowest BCUT2D eigenvalue weighted by Crippen LogP contribution is -2.24. The second-order valence-corrected chi connectivity index (χ2v) is 5.03. The predicted octanol–water partition coefficient (Wildman–Crippen LogP) is 3.10. The van der Waals surface area contributed by atoms with Crippen LogP contribution in [-0.2, 0) is 4.74 Å². The Morgan fingerprint density at radius 1 is 1.17 bits per heavy atom. The number of carbonyl (C=O) groups excluding carboxylic acids is 1. The molecular weight excluding hydrogens is 296 g/mol. The summed E-state index contributed by atoms with van der Waals surface area (Å²) < 4.78 is 5.14. The summed E-state index contributed by atoms with van der Waals surface area (Å²) in [4.78, 5) is 21.9. The van der Waals surface area contributed by atoms with E-state index in [0.717, 1.165) is 5.56 Å². The monoisotopic (exact) mass is 314 g/mol. The molecule has 0 bridgehead atoms. The van der Waals surface area contributed by atoms with E-state index in [1.807, 2.05) is 37.3 Å². The first kappa shape index (κ1) is 16.6. The van der Waals surface area contributed by atoms with Crippen molar-refractivity contribution in [3.05, 3.63) is 75.8 Å². The number of ether oxygens (including phenoxy) is 1. The number of rotatable bonds is 7. The molecule has 6 heteroatoms. The van der Waals surface area contributed by atoms with Crippen LogP contribution in [0.3, 0.4) is 0 Å². The summed E-state index contributed by atoms with van der Waals surface area (Å²) in [5.74, 6) is -0.492. The quantitative estimate of drug-likeness (QED) is 0.367. The number of non-ortho nitro benzene ring substituents is 1. The third kappa shape index (κ3) is 4.89. The number of nitrogens with zero attached hydrogens (tertiary/aromatic N) is 1. The van der Waals surface area contributed by atoms with Gasteiger partial charge >= 0.3 is 5.97 Å². The summed E-state index contributed by atoms with van der Waals surface area (Å²) >= 11 is 0. The maximum Gasteiger partial charge on any atom is 0.338 e. The highest BCUT2D eigenvalue weighted by atomic mass is 16.6. The molecule has 0 saturated carbocycles. The Kier molecular flexibility index (Phi) is 5.82. The topological polar surface area (TPSA) is 81.5 Å². The first-order valence-corrected chi connectivity index (χ1v) is 7.28. The Bertz CT molecular complexity index is 656. The van der Waals surface area contributed by atoms with E-state index < -0.39 is 10.9 Å². The van der Waals surface area contributed by atoms with Crippen molar-refractivity contribution in [2.24, 2.45) is 0 Å². The Morgan fingerprint density at radius 3 is 2.43 bits per heavy atom. The predicted molar refractivity (Wildman–Crippen MR) is 86.2 cm³/mol. The van der Waals surface area contributed by atoms with Gasteiger partial charge in [0, 0.05) is 24.7 Å². The number of nitro groups is 1. The highest BCUT2D eigenvalue weighted by Gasteiger charge is 2.10. The van der Waals surface area contributed by atoms with E-state index in [1.165, 1.54) is 24.3 Å². The molecular formula is C17H18N2O4. The van der Waals surface area contributed by atoms with E-state index >= 15 is 0 Å². The van der Waals surface area contributed by atoms with Gasteiger partial charge in [0.2, 0.25) is 0 Å². The van der Waals surface area contributed by atoms with Gasteiger partial charge in [-0.3, -0.25) is 10.1 Å². The fourth-order valence-electron chi connectivity index (χ4n) is 2.08. The molecule has 0 aliphatic rings. The second kappa shape index (κ2) is 8.05. The molecule has 0 aliphatic heterocycles. The van der Waals surface area contributed by atoms with Crippen LogP contribution in [0.2, 0.25) is 0 Å². The van der Waals surface area contributed by atoms with E-state index in [-0.39, 0.29) is 18.3 Å². The van der Waals surface area contributed by atoms with Crippen LogP contribution >= 0.6 is 0 Å². The molecule has 120 valence electrons. The minimum Gasteiger partial charge on any atom is -0.461 e. The van der Waals surface area contributed by atoms with Crippen LogP contribution in [0.25, 0.3) is 0 Å². The summed E-state index contributed by atoms with van der Waals surface area (Å²) in [6, 6.07) is 15.5. The highest BCUT2D eigenvalue weighted by molar-refractivity contribution is 5.89. The molecule has 2 aromatic rings. The van der Waals surface area contributed by atoms with Gasteiger partial charge < -0.3 is 10.1 Å². The molecule has 6 nitrogen and oxygen atoms in total. The highest BCUT2D eigenvalue weighted by Crippen LogP contribution is 2.13. The zero-order valence-corrected chi connectivity index (χ0v) is 12.8. The van der Waals surface area contributed by atoms with Gasteiger partial charge in [0.25, 0.3) is 5.69 Å². The molecule has 0 spiro atoms. The van der Waals surface area contributed by atoms with Gasteiger partial charge in [0.05, 0.1) is 10.5 Å². The lowest BCUT2D eigenvalue weighted by molar-refractivity contribution is -0.384. The van der Waals surface area contributed by atoms with Crippen molar-refractivity contribution in [1.82, 2.24) is 5.32 Å². The number of nitro benzene ring substituents is 1. The van der Waals surface area contributed by atoms with Gasteiger partial charge in [-0.05, 0) is 24.6 Å². The molecule has 23 heavy (non-hydrogen) atoms. The lowest BCUT2D eigenvalue weighted by atomic mass is 10.1. The number of hydrogen-bond acceptors (Lipinski definition) is 5. The van der Waals surface area contributed by atoms with Gasteiger partial charge in [-0.15, -0.1) is 0 Å². The molecule has 1 N–H and O–H groups in total. The average Bonchev–Trinajstić information content (AvgIpc) is 2.59. The fraction of sp³-hybridized carbons (Fsp3) is 0.235. The number of benzene rings is 2. The summed E-state index contributed by atoms with van der Waals surface area (Å²) in [7, 11) is 0. The molecule has 0 aromatic heterocycles. The van der Waals surface area contributed by atoms with Gasteiger partial charge in [-0.1, -0.05) is 30.3 Å². The van der Waals surface area contributed by atoms with Gasteiger partial charge in [-0.2, -0.15) is 0 Å². The van der Waals surface area contributed by atoms with Crippen molar-refractivity contribution in [3.8, 4) is 0 Å². The lowest BCUT2D eigenvalue weighted by Gasteiger charge is -2.14. The number of nitrogens with one attached hydrogen (secondary N) is 1. The first-order chi connectivity index (χ1) is 11.1. The first-order valence-electron chi connectivity index (χ1n) is 7.28. The van der Waals surface area contributed by atoms with E-state index in [9.17, 15) is 14.9 Å². The summed E-state index contributed by atoms with van der Waals surface area (Å²) in [5, 5.41) is 13.8. The van der Waals surface area contributed by atoms with Gasteiger partial charge in [0.1, 0.15) is 6.61 Å². The molecule has 0 heterocycles. The molecule has 1 atom stereocenters. The Morgan fingerprint density at radius 2 is 1.83 bits per heavy atom. The zero-order chi connectivity index (χ0) is 16.7. The average molecular weight is 314 g/mol. The standard InChI is InChI=1S/C17H18N2O4/c1-13(14-5-3-2-4-6-14)18-11-12-23-17(20)15-7-9-16(10-8-15)19(21)22/h2-10,13,18H,11-12H2,1H3/t13-/m0/s1. The maximum atomic E-state index is 11.8. The normalized spacial score (nSPS) is 11.7. The fourth-order valence-corrected chi connectivity index (χ4v) is 2.08. The van der Waals surface area contributed by atoms with Gasteiger partial charge in [0.15, 0.2) is 0 Å². The van der Waals surface area contributed by atoms with Crippen LogP contribution in [0.15, 0.2) is 54.6 Å². The molecule has 2 rings (SSSR count). The minimum absolute atomic E-state index is 0.0556. The molecule has 0 unspecified atom stereocenters. The molecule has 0 aliphatic carbocycles. The van der Waals surface area contributed by atoms with Crippen LogP contribution in [0.4, 0.5) is 5.69 Å². The summed E-state index contributed by atoms with van der Waals surface area (Å²) in [6.07, 6.45) is 0. The number of carbonyl (C=O) groups is 1. The Balaban J connectivity index is 1.75. The second-order valence-electron chi connectivity index (χ2n) is 5.03. The Hall–Kier alpha value is -2.73. The number of hydrogen-bond donors (Lipinski definition) is 1. The van der Waals surface area contributed by atoms with Crippen LogP contribution in [0.5, 0.6) is 0 Å². The third-order valence-electron chi connectivity index (χ3n) is 3.40. The minimum atomic E-state index is -0.510. The number of esters is 1. The molecule has 2 aromatic carbocycles. The van der Waals surface area contributed by atoms with Crippen molar-refractivity contribution in [3.63, 3.8) is 0 Å². The van der Waals surface area contributed by atoms with Crippen molar-refractivity contribution in [2.75, 3.05) is 13.2 Å². The molecule has 0 fully saturated rings. The van der Waals surface area contributed by atoms with Gasteiger partial charge in [-0.25, -0.2) is 4.79 Å². The smallest absolute Gasteiger partial charge is 0.338 e. The van der Waals surface area contributed by atoms with Crippen LogP contribution in [0, 0.1) is 10.1 Å². The van der Waals surface area contributed by atoms with E-state index in [4.69, 9.17) is 4.74 Å². The van der Waals surface area contributed by atoms with Crippen LogP contribution < -0.4 is 5.32 Å². The maximum absolute atomic E-state index is 11.8. The molecule has 0 radical (unpaired) electrons. The molecule has 0 amide bonds. The van der Waals surface area contributed by atoms with E-state index in [2.05, 4.69) is 5.32 Å². The van der Waals surface area contributed by atoms with E-state index in [1.54, 1.807) is 0 Å². The van der Waals surface area contributed by atoms with Crippen molar-refractivity contribution >= 4 is 11.7 Å². The van der Waals surface area contributed by atoms with Crippen molar-refractivity contribution in [1.29, 1.82) is 0 Å².